The van der Waals surface area contributed by atoms with Crippen LogP contribution in [0.1, 0.15) is 19.4 Å². The Morgan fingerprint density at radius 3 is 2.83 bits per heavy atom. The van der Waals surface area contributed by atoms with Crippen LogP contribution in [-0.2, 0) is 6.54 Å². The molecule has 1 aromatic rings. The molecule has 0 atom stereocenters. The van der Waals surface area contributed by atoms with Gasteiger partial charge in [0, 0.05) is 18.9 Å². The van der Waals surface area contributed by atoms with Crippen molar-refractivity contribution < 1.29 is 0 Å². The fourth-order valence-electron chi connectivity index (χ4n) is 0.833. The number of rotatable bonds is 3. The molecule has 12 heavy (non-hydrogen) atoms. The third-order valence-electron chi connectivity index (χ3n) is 1.47. The normalized spacial score (nSPS) is 11.6. The molecule has 0 aromatic carbocycles. The lowest BCUT2D eigenvalue weighted by atomic mass is 10.2. The highest BCUT2D eigenvalue weighted by Gasteiger charge is 2.07. The van der Waals surface area contributed by atoms with Gasteiger partial charge in [0.1, 0.15) is 0 Å². The summed E-state index contributed by atoms with van der Waals surface area (Å²) >= 11 is 0. The molecule has 1 aromatic heterocycles. The van der Waals surface area contributed by atoms with Crippen molar-refractivity contribution in [2.75, 3.05) is 0 Å². The van der Waals surface area contributed by atoms with Gasteiger partial charge in [-0.25, -0.2) is 0 Å². The van der Waals surface area contributed by atoms with Crippen LogP contribution < -0.4 is 11.1 Å². The van der Waals surface area contributed by atoms with Crippen LogP contribution >= 0.6 is 0 Å². The van der Waals surface area contributed by atoms with E-state index in [4.69, 9.17) is 5.73 Å². The van der Waals surface area contributed by atoms with Crippen LogP contribution in [0.2, 0.25) is 0 Å². The predicted molar refractivity (Wildman–Crippen MR) is 49.3 cm³/mol. The van der Waals surface area contributed by atoms with Crippen molar-refractivity contribution >= 4 is 0 Å². The minimum Gasteiger partial charge on any atom is -0.314 e. The standard InChI is InChI=1S/C9H15N3/c1-9(2,10)12-7-8-4-3-5-11-6-8/h3-6,12H,7,10H2,1-2H3. The topological polar surface area (TPSA) is 50.9 Å². The van der Waals surface area contributed by atoms with Gasteiger partial charge in [0.25, 0.3) is 0 Å². The van der Waals surface area contributed by atoms with Gasteiger partial charge in [-0.05, 0) is 25.5 Å². The molecule has 0 aliphatic heterocycles. The van der Waals surface area contributed by atoms with Crippen LogP contribution in [0.25, 0.3) is 0 Å². The third kappa shape index (κ3) is 3.46. The van der Waals surface area contributed by atoms with Gasteiger partial charge < -0.3 is 5.73 Å². The average Bonchev–Trinajstić information content (AvgIpc) is 2.02. The van der Waals surface area contributed by atoms with Gasteiger partial charge >= 0.3 is 0 Å². The molecule has 0 aliphatic carbocycles. The summed E-state index contributed by atoms with van der Waals surface area (Å²) in [6.45, 7) is 4.63. The fraction of sp³-hybridized carbons (Fsp3) is 0.444. The van der Waals surface area contributed by atoms with Gasteiger partial charge in [0.05, 0.1) is 5.66 Å². The van der Waals surface area contributed by atoms with Gasteiger partial charge in [0.15, 0.2) is 0 Å². The van der Waals surface area contributed by atoms with Crippen LogP contribution in [0.5, 0.6) is 0 Å². The summed E-state index contributed by atoms with van der Waals surface area (Å²) in [5, 5.41) is 3.18. The van der Waals surface area contributed by atoms with E-state index < -0.39 is 0 Å². The minimum absolute atomic E-state index is 0.324. The maximum Gasteiger partial charge on any atom is 0.0606 e. The number of pyridine rings is 1. The first-order chi connectivity index (χ1) is 5.58. The molecule has 1 rings (SSSR count). The minimum atomic E-state index is -0.324. The fourth-order valence-corrected chi connectivity index (χ4v) is 0.833. The van der Waals surface area contributed by atoms with Crippen molar-refractivity contribution in [2.24, 2.45) is 5.73 Å². The first-order valence-electron chi connectivity index (χ1n) is 4.01. The molecule has 0 fully saturated rings. The summed E-state index contributed by atoms with van der Waals surface area (Å²) < 4.78 is 0. The second kappa shape index (κ2) is 3.65. The zero-order valence-corrected chi connectivity index (χ0v) is 7.54. The summed E-state index contributed by atoms with van der Waals surface area (Å²) in [7, 11) is 0. The largest absolute Gasteiger partial charge is 0.314 e. The van der Waals surface area contributed by atoms with Crippen LogP contribution in [-0.4, -0.2) is 10.6 Å². The molecule has 0 aliphatic rings. The van der Waals surface area contributed by atoms with E-state index >= 15 is 0 Å². The summed E-state index contributed by atoms with van der Waals surface area (Å²) in [5.41, 5.74) is 6.58. The summed E-state index contributed by atoms with van der Waals surface area (Å²) in [6.07, 6.45) is 3.59. The third-order valence-corrected chi connectivity index (χ3v) is 1.47. The van der Waals surface area contributed by atoms with Gasteiger partial charge in [-0.1, -0.05) is 6.07 Å². The molecule has 0 bridgehead atoms. The van der Waals surface area contributed by atoms with Crippen molar-refractivity contribution in [2.45, 2.75) is 26.1 Å². The molecule has 0 saturated carbocycles. The van der Waals surface area contributed by atoms with Crippen LogP contribution in [0.4, 0.5) is 0 Å². The monoisotopic (exact) mass is 165 g/mol. The Kier molecular flexibility index (Phi) is 2.78. The zero-order valence-electron chi connectivity index (χ0n) is 7.54. The summed E-state index contributed by atoms with van der Waals surface area (Å²) in [6, 6.07) is 3.94. The molecule has 0 unspecified atom stereocenters. The highest BCUT2D eigenvalue weighted by atomic mass is 15.1. The van der Waals surface area contributed by atoms with Gasteiger partial charge in [0.2, 0.25) is 0 Å². The van der Waals surface area contributed by atoms with E-state index in [2.05, 4.69) is 10.3 Å². The molecular formula is C9H15N3. The molecule has 3 heteroatoms. The molecule has 1 heterocycles. The molecule has 3 N–H and O–H groups in total. The Labute approximate surface area is 73.0 Å². The highest BCUT2D eigenvalue weighted by Crippen LogP contribution is 1.97. The van der Waals surface area contributed by atoms with E-state index in [-0.39, 0.29) is 5.66 Å². The van der Waals surface area contributed by atoms with E-state index in [0.29, 0.717) is 0 Å². The van der Waals surface area contributed by atoms with Crippen LogP contribution in [0.3, 0.4) is 0 Å². The lowest BCUT2D eigenvalue weighted by Gasteiger charge is -2.20. The lowest BCUT2D eigenvalue weighted by molar-refractivity contribution is 0.401. The maximum atomic E-state index is 5.75. The molecule has 66 valence electrons. The Morgan fingerprint density at radius 1 is 1.58 bits per heavy atom. The number of hydrogen-bond donors (Lipinski definition) is 2. The zero-order chi connectivity index (χ0) is 9.03. The van der Waals surface area contributed by atoms with E-state index in [9.17, 15) is 0 Å². The molecule has 0 saturated heterocycles. The van der Waals surface area contributed by atoms with Crippen molar-refractivity contribution in [3.05, 3.63) is 30.1 Å². The number of aromatic nitrogens is 1. The molecule has 0 radical (unpaired) electrons. The molecule has 3 nitrogen and oxygen atoms in total. The Bertz CT molecular complexity index is 225. The SMILES string of the molecule is CC(C)(N)NCc1cccnc1. The van der Waals surface area contributed by atoms with E-state index in [1.54, 1.807) is 6.20 Å². The van der Waals surface area contributed by atoms with Gasteiger partial charge in [-0.2, -0.15) is 0 Å². The first-order valence-corrected chi connectivity index (χ1v) is 4.01. The Hall–Kier alpha value is -0.930. The Morgan fingerprint density at radius 2 is 2.33 bits per heavy atom. The van der Waals surface area contributed by atoms with E-state index in [1.807, 2.05) is 32.2 Å². The van der Waals surface area contributed by atoms with Crippen molar-refractivity contribution in [3.8, 4) is 0 Å². The number of nitrogens with two attached hydrogens (primary N) is 1. The molecular weight excluding hydrogens is 150 g/mol. The second-order valence-corrected chi connectivity index (χ2v) is 3.44. The smallest absolute Gasteiger partial charge is 0.0606 e. The van der Waals surface area contributed by atoms with Gasteiger partial charge in [-0.15, -0.1) is 0 Å². The number of nitrogens with one attached hydrogen (secondary N) is 1. The predicted octanol–water partition coefficient (Wildman–Crippen LogP) is 0.866. The van der Waals surface area contributed by atoms with Crippen LogP contribution in [0.15, 0.2) is 24.5 Å². The maximum absolute atomic E-state index is 5.75. The van der Waals surface area contributed by atoms with Gasteiger partial charge in [-0.3, -0.25) is 10.3 Å². The van der Waals surface area contributed by atoms with Crippen molar-refractivity contribution in [1.29, 1.82) is 0 Å². The Balaban J connectivity index is 2.44. The number of nitrogens with zero attached hydrogens (tertiary/aromatic N) is 1. The van der Waals surface area contributed by atoms with Crippen LogP contribution in [0, 0.1) is 0 Å². The average molecular weight is 165 g/mol. The number of hydrogen-bond acceptors (Lipinski definition) is 3. The quantitative estimate of drug-likeness (QED) is 0.653. The highest BCUT2D eigenvalue weighted by molar-refractivity contribution is 5.08. The van der Waals surface area contributed by atoms with E-state index in [1.165, 1.54) is 0 Å². The van der Waals surface area contributed by atoms with Crippen molar-refractivity contribution in [1.82, 2.24) is 10.3 Å². The summed E-state index contributed by atoms with van der Waals surface area (Å²) in [5.74, 6) is 0. The lowest BCUT2D eigenvalue weighted by Crippen LogP contribution is -2.47. The first kappa shape index (κ1) is 9.16. The van der Waals surface area contributed by atoms with E-state index in [0.717, 1.165) is 12.1 Å². The second-order valence-electron chi connectivity index (χ2n) is 3.44. The summed E-state index contributed by atoms with van der Waals surface area (Å²) in [4.78, 5) is 4.00. The molecule has 0 amide bonds. The molecule has 0 spiro atoms. The van der Waals surface area contributed by atoms with Crippen molar-refractivity contribution in [3.63, 3.8) is 0 Å².